The number of guanidine groups is 1. The van der Waals surface area contributed by atoms with Gasteiger partial charge in [-0.25, -0.2) is 0 Å². The number of fused-ring (bicyclic) bond motifs is 2. The number of carbonyl (C=O) groups excluding carboxylic acids is 6. The second-order valence-corrected chi connectivity index (χ2v) is 18.1. The lowest BCUT2D eigenvalue weighted by atomic mass is 9.83. The third-order valence-corrected chi connectivity index (χ3v) is 12.9. The lowest BCUT2D eigenvalue weighted by Crippen LogP contribution is -2.60. The molecule has 15 N–H and O–H groups in total. The van der Waals surface area contributed by atoms with Crippen LogP contribution in [-0.2, 0) is 46.4 Å². The highest BCUT2D eigenvalue weighted by Gasteiger charge is 2.43. The molecular formula is C47H66N12O9. The number of hydrogen-bond donors (Lipinski definition) is 12. The molecule has 6 amide bonds. The van der Waals surface area contributed by atoms with Gasteiger partial charge in [-0.05, 0) is 93.7 Å². The lowest BCUT2D eigenvalue weighted by Gasteiger charge is -2.33. The minimum Gasteiger partial charge on any atom is -0.480 e. The van der Waals surface area contributed by atoms with Crippen molar-refractivity contribution in [3.63, 3.8) is 0 Å². The van der Waals surface area contributed by atoms with Crippen molar-refractivity contribution < 1.29 is 43.8 Å². The normalized spacial score (nSPS) is 26.0. The van der Waals surface area contributed by atoms with E-state index in [1.807, 2.05) is 24.3 Å². The fraction of sp³-hybridized carbons (Fsp3) is 0.532. The predicted molar refractivity (Wildman–Crippen MR) is 252 cm³/mol. The second-order valence-electron chi connectivity index (χ2n) is 18.1. The van der Waals surface area contributed by atoms with Crippen LogP contribution in [0.2, 0.25) is 0 Å². The Balaban J connectivity index is 1.33. The Hall–Kier alpha value is -6.58. The van der Waals surface area contributed by atoms with Crippen molar-refractivity contribution >= 4 is 58.3 Å². The Labute approximate surface area is 394 Å². The highest BCUT2D eigenvalue weighted by molar-refractivity contribution is 5.97. The summed E-state index contributed by atoms with van der Waals surface area (Å²) >= 11 is 0. The quantitative estimate of drug-likeness (QED) is 0.0483. The first-order chi connectivity index (χ1) is 32.6. The van der Waals surface area contributed by atoms with Crippen molar-refractivity contribution in [3.8, 4) is 0 Å². The summed E-state index contributed by atoms with van der Waals surface area (Å²) in [7, 11) is 0. The smallest absolute Gasteiger partial charge is 0.317 e. The highest BCUT2D eigenvalue weighted by Crippen LogP contribution is 2.29. The number of carboxylic acid groups (broad SMARTS) is 1. The maximum Gasteiger partial charge on any atom is 0.317 e. The van der Waals surface area contributed by atoms with Gasteiger partial charge in [-0.15, -0.1) is 0 Å². The number of aromatic nitrogens is 1. The van der Waals surface area contributed by atoms with Crippen molar-refractivity contribution in [2.24, 2.45) is 28.1 Å². The van der Waals surface area contributed by atoms with Crippen LogP contribution in [0.1, 0.15) is 75.3 Å². The second kappa shape index (κ2) is 24.4. The highest BCUT2D eigenvalue weighted by atomic mass is 16.4. The van der Waals surface area contributed by atoms with E-state index in [0.717, 1.165) is 22.0 Å². The molecule has 7 atom stereocenters. The SMILES string of the molecule is NC(N)=NCCC[C@@H]1NC(=O)[C@H](Cc2c[nH]c3ccccc23)NC(=O)[C@@H](CC2CCC(O)CC2)NC(=O)[C@@H]2C[C@H](N)CN2C(=O)[C@@H](NC(=O)[C@H](Cc2ccccc2)NCC(=O)O)CCCNC1=O. The van der Waals surface area contributed by atoms with Crippen LogP contribution in [0, 0.1) is 5.92 Å². The molecule has 368 valence electrons. The number of benzene rings is 2. The van der Waals surface area contributed by atoms with Gasteiger partial charge in [0, 0.05) is 49.2 Å². The summed E-state index contributed by atoms with van der Waals surface area (Å²) in [6.45, 7) is -0.421. The molecule has 1 aromatic heterocycles. The van der Waals surface area contributed by atoms with Gasteiger partial charge in [-0.2, -0.15) is 0 Å². The molecule has 21 heteroatoms. The van der Waals surface area contributed by atoms with Crippen LogP contribution in [0.5, 0.6) is 0 Å². The zero-order chi connectivity index (χ0) is 48.7. The zero-order valence-corrected chi connectivity index (χ0v) is 38.2. The number of H-pyrrole nitrogens is 1. The van der Waals surface area contributed by atoms with E-state index in [-0.39, 0.29) is 76.5 Å². The summed E-state index contributed by atoms with van der Waals surface area (Å²) in [5.41, 5.74) is 19.8. The number of aliphatic hydroxyl groups excluding tert-OH is 1. The van der Waals surface area contributed by atoms with Crippen molar-refractivity contribution in [1.82, 2.24) is 41.8 Å². The van der Waals surface area contributed by atoms with Crippen LogP contribution < -0.4 is 49.1 Å². The van der Waals surface area contributed by atoms with Crippen LogP contribution in [0.15, 0.2) is 65.8 Å². The number of rotatable bonds is 15. The van der Waals surface area contributed by atoms with E-state index < -0.39 is 96.4 Å². The number of aromatic amines is 1. The van der Waals surface area contributed by atoms with Gasteiger partial charge >= 0.3 is 5.97 Å². The largest absolute Gasteiger partial charge is 0.480 e. The number of carboxylic acids is 1. The molecule has 0 bridgehead atoms. The molecule has 1 saturated carbocycles. The molecule has 2 saturated heterocycles. The number of aliphatic hydroxyl groups is 1. The fourth-order valence-corrected chi connectivity index (χ4v) is 9.31. The van der Waals surface area contributed by atoms with Crippen molar-refractivity contribution in [2.75, 3.05) is 26.2 Å². The molecular weight excluding hydrogens is 877 g/mol. The molecule has 2 aliphatic heterocycles. The first-order valence-electron chi connectivity index (χ1n) is 23.5. The summed E-state index contributed by atoms with van der Waals surface area (Å²) in [5.74, 6) is -5.21. The number of nitrogens with two attached hydrogens (primary N) is 3. The van der Waals surface area contributed by atoms with E-state index in [9.17, 15) is 43.8 Å². The van der Waals surface area contributed by atoms with E-state index in [0.29, 0.717) is 32.1 Å². The predicted octanol–water partition coefficient (Wildman–Crippen LogP) is -1.23. The van der Waals surface area contributed by atoms with Gasteiger partial charge in [0.25, 0.3) is 0 Å². The van der Waals surface area contributed by atoms with Crippen LogP contribution >= 0.6 is 0 Å². The Bertz CT molecular complexity index is 2260. The van der Waals surface area contributed by atoms with E-state index in [4.69, 9.17) is 17.2 Å². The third-order valence-electron chi connectivity index (χ3n) is 12.9. The number of nitrogens with one attached hydrogen (secondary N) is 7. The molecule has 1 aliphatic carbocycles. The summed E-state index contributed by atoms with van der Waals surface area (Å²) in [4.78, 5) is 107. The monoisotopic (exact) mass is 943 g/mol. The Morgan fingerprint density at radius 3 is 2.28 bits per heavy atom. The molecule has 3 fully saturated rings. The maximum atomic E-state index is 14.7. The summed E-state index contributed by atoms with van der Waals surface area (Å²) in [6, 6.07) is 8.78. The first kappa shape index (κ1) is 50.8. The number of hydrogen-bond acceptors (Lipinski definition) is 11. The molecule has 68 heavy (non-hydrogen) atoms. The molecule has 3 aliphatic rings. The van der Waals surface area contributed by atoms with Gasteiger partial charge < -0.3 is 63.9 Å². The lowest BCUT2D eigenvalue weighted by molar-refractivity contribution is -0.143. The van der Waals surface area contributed by atoms with E-state index in [1.54, 1.807) is 36.5 Å². The Morgan fingerprint density at radius 2 is 1.54 bits per heavy atom. The number of aliphatic imine (C=N–C) groups is 1. The Morgan fingerprint density at radius 1 is 0.853 bits per heavy atom. The average Bonchev–Trinajstić information content (AvgIpc) is 3.92. The van der Waals surface area contributed by atoms with E-state index in [1.165, 1.54) is 4.90 Å². The minimum atomic E-state index is -1.25. The van der Waals surface area contributed by atoms with Crippen molar-refractivity contribution in [2.45, 2.75) is 125 Å². The van der Waals surface area contributed by atoms with Gasteiger partial charge in [0.2, 0.25) is 35.4 Å². The van der Waals surface area contributed by atoms with Crippen molar-refractivity contribution in [1.29, 1.82) is 0 Å². The molecule has 21 nitrogen and oxygen atoms in total. The van der Waals surface area contributed by atoms with Gasteiger partial charge in [0.05, 0.1) is 18.7 Å². The van der Waals surface area contributed by atoms with Gasteiger partial charge in [0.1, 0.15) is 30.2 Å². The van der Waals surface area contributed by atoms with Crippen LogP contribution in [-0.4, -0.2) is 142 Å². The number of amides is 6. The fourth-order valence-electron chi connectivity index (χ4n) is 9.31. The van der Waals surface area contributed by atoms with Crippen molar-refractivity contribution in [3.05, 3.63) is 71.9 Å². The number of carbonyl (C=O) groups is 7. The molecule has 6 rings (SSSR count). The summed E-state index contributed by atoms with van der Waals surface area (Å²) in [5, 5.41) is 37.7. The van der Waals surface area contributed by atoms with Gasteiger partial charge in [0.15, 0.2) is 5.96 Å². The van der Waals surface area contributed by atoms with Crippen LogP contribution in [0.3, 0.4) is 0 Å². The molecule has 0 spiro atoms. The maximum absolute atomic E-state index is 14.7. The molecule has 2 aromatic carbocycles. The summed E-state index contributed by atoms with van der Waals surface area (Å²) in [6.07, 6.45) is 4.32. The molecule has 0 unspecified atom stereocenters. The average molecular weight is 943 g/mol. The number of para-hydroxylation sites is 1. The number of aliphatic carboxylic acids is 1. The van der Waals surface area contributed by atoms with Crippen LogP contribution in [0.4, 0.5) is 0 Å². The van der Waals surface area contributed by atoms with E-state index >= 15 is 0 Å². The van der Waals surface area contributed by atoms with Gasteiger partial charge in [-0.1, -0.05) is 48.5 Å². The van der Waals surface area contributed by atoms with E-state index in [2.05, 4.69) is 41.9 Å². The Kier molecular flexibility index (Phi) is 18.3. The topological polar surface area (TPSA) is 342 Å². The minimum absolute atomic E-state index is 0.00225. The number of nitrogens with zero attached hydrogens (tertiary/aromatic N) is 2. The summed E-state index contributed by atoms with van der Waals surface area (Å²) < 4.78 is 0. The molecule has 0 radical (unpaired) electrons. The first-order valence-corrected chi connectivity index (χ1v) is 23.5. The standard InChI is InChI=1S/C47H66N12O9/c48-30-23-39-45(67)58-37(21-28-14-16-31(60)17-15-28)43(65)57-38(22-29-24-53-33-11-5-4-10-32(29)33)44(66)55-34(12-6-19-52-47(49)50)41(63)51-18-7-13-35(46(68)59(39)26-30)56-42(64)36(54-25-40(61)62)20-27-8-2-1-3-9-27/h1-5,8-11,24,28,30-31,34-39,53-54,60H,6-7,12-23,25-26,48H2,(H,51,63)(H,55,66)(H,56,64)(H,57,65)(H,58,67)(H,61,62)(H4,49,50,52)/t28?,30-,31?,34-,35-,36-,37+,38-,39-/m0/s1. The third kappa shape index (κ3) is 14.5. The molecule has 3 aromatic rings. The zero-order valence-electron chi connectivity index (χ0n) is 38.2. The molecule has 3 heterocycles. The van der Waals surface area contributed by atoms with Crippen LogP contribution in [0.25, 0.3) is 10.9 Å². The van der Waals surface area contributed by atoms with Gasteiger partial charge in [-0.3, -0.25) is 43.9 Å².